The first-order valence-electron chi connectivity index (χ1n) is 7.46. The normalized spacial score (nSPS) is 43.3. The fourth-order valence-electron chi connectivity index (χ4n) is 4.77. The summed E-state index contributed by atoms with van der Waals surface area (Å²) >= 11 is 0. The Morgan fingerprint density at radius 3 is 2.38 bits per heavy atom. The van der Waals surface area contributed by atoms with E-state index in [4.69, 9.17) is 0 Å². The minimum absolute atomic E-state index is 0.713. The summed E-state index contributed by atoms with van der Waals surface area (Å²) in [5.41, 5.74) is 0.713. The van der Waals surface area contributed by atoms with E-state index in [0.29, 0.717) is 5.41 Å². The molecule has 0 bridgehead atoms. The van der Waals surface area contributed by atoms with Crippen LogP contribution in [-0.4, -0.2) is 13.6 Å². The largest absolute Gasteiger partial charge is 0.319 e. The van der Waals surface area contributed by atoms with Gasteiger partial charge in [-0.05, 0) is 55.9 Å². The molecule has 0 radical (unpaired) electrons. The molecule has 0 heterocycles. The van der Waals surface area contributed by atoms with Gasteiger partial charge in [-0.3, -0.25) is 0 Å². The van der Waals surface area contributed by atoms with Crippen LogP contribution in [0.3, 0.4) is 0 Å². The molecule has 3 saturated carbocycles. The van der Waals surface area contributed by atoms with Crippen molar-refractivity contribution in [2.75, 3.05) is 13.6 Å². The van der Waals surface area contributed by atoms with Crippen LogP contribution in [0.15, 0.2) is 0 Å². The summed E-state index contributed by atoms with van der Waals surface area (Å²) in [6.45, 7) is 1.29. The van der Waals surface area contributed by atoms with Crippen molar-refractivity contribution in [2.24, 2.45) is 23.2 Å². The first-order valence-corrected chi connectivity index (χ1v) is 7.46. The maximum absolute atomic E-state index is 3.48. The van der Waals surface area contributed by atoms with Crippen molar-refractivity contribution in [3.8, 4) is 0 Å². The molecule has 3 aliphatic carbocycles. The van der Waals surface area contributed by atoms with E-state index < -0.39 is 0 Å². The van der Waals surface area contributed by atoms with Gasteiger partial charge in [0.1, 0.15) is 0 Å². The van der Waals surface area contributed by atoms with E-state index in [-0.39, 0.29) is 0 Å². The summed E-state index contributed by atoms with van der Waals surface area (Å²) in [5, 5.41) is 3.48. The minimum Gasteiger partial charge on any atom is -0.319 e. The summed E-state index contributed by atoms with van der Waals surface area (Å²) in [4.78, 5) is 0. The molecule has 3 rings (SSSR count). The third-order valence-electron chi connectivity index (χ3n) is 5.46. The second-order valence-corrected chi connectivity index (χ2v) is 6.90. The Labute approximate surface area is 100 Å². The highest BCUT2D eigenvalue weighted by Crippen LogP contribution is 2.62. The van der Waals surface area contributed by atoms with Gasteiger partial charge in [0.05, 0.1) is 0 Å². The van der Waals surface area contributed by atoms with Gasteiger partial charge in [0.15, 0.2) is 0 Å². The number of nitrogens with one attached hydrogen (secondary N) is 1. The van der Waals surface area contributed by atoms with Crippen LogP contribution in [0.25, 0.3) is 0 Å². The third kappa shape index (κ3) is 2.16. The molecule has 1 N–H and O–H groups in total. The Balaban J connectivity index is 1.59. The first-order chi connectivity index (χ1) is 7.81. The molecule has 0 saturated heterocycles. The molecule has 2 unspecified atom stereocenters. The highest BCUT2D eigenvalue weighted by Gasteiger charge is 2.53. The molecule has 0 aliphatic heterocycles. The molecule has 2 atom stereocenters. The fraction of sp³-hybridized carbons (Fsp3) is 1.00. The van der Waals surface area contributed by atoms with Gasteiger partial charge in [-0.2, -0.15) is 0 Å². The SMILES string of the molecule is CNCC1(CC2CCCCC2)CC2CC2C1. The molecule has 0 aromatic heterocycles. The number of fused-ring (bicyclic) bond motifs is 1. The van der Waals surface area contributed by atoms with Gasteiger partial charge in [-0.25, -0.2) is 0 Å². The van der Waals surface area contributed by atoms with Crippen molar-refractivity contribution < 1.29 is 0 Å². The van der Waals surface area contributed by atoms with Crippen molar-refractivity contribution in [2.45, 2.75) is 57.8 Å². The molecule has 0 aromatic carbocycles. The lowest BCUT2D eigenvalue weighted by Crippen LogP contribution is -2.34. The predicted molar refractivity (Wildman–Crippen MR) is 68.4 cm³/mol. The van der Waals surface area contributed by atoms with Gasteiger partial charge in [-0.1, -0.05) is 32.1 Å². The lowest BCUT2D eigenvalue weighted by molar-refractivity contribution is 0.168. The van der Waals surface area contributed by atoms with Crippen LogP contribution in [0.1, 0.15) is 57.8 Å². The summed E-state index contributed by atoms with van der Waals surface area (Å²) in [7, 11) is 2.15. The first kappa shape index (κ1) is 11.1. The Morgan fingerprint density at radius 1 is 1.06 bits per heavy atom. The standard InChI is InChI=1S/C15H27N/c1-16-11-15(9-13-7-14(13)10-15)8-12-5-3-2-4-6-12/h12-14,16H,2-11H2,1H3. The molecular formula is C15H27N. The number of rotatable bonds is 4. The van der Waals surface area contributed by atoms with E-state index in [1.807, 2.05) is 0 Å². The van der Waals surface area contributed by atoms with E-state index in [9.17, 15) is 0 Å². The molecule has 0 aromatic rings. The molecule has 1 heteroatoms. The van der Waals surface area contributed by atoms with Crippen molar-refractivity contribution >= 4 is 0 Å². The minimum atomic E-state index is 0.713. The zero-order valence-electron chi connectivity index (χ0n) is 10.8. The second kappa shape index (κ2) is 4.33. The van der Waals surface area contributed by atoms with Gasteiger partial charge in [-0.15, -0.1) is 0 Å². The molecule has 3 fully saturated rings. The maximum Gasteiger partial charge on any atom is 0.000511 e. The predicted octanol–water partition coefficient (Wildman–Crippen LogP) is 3.59. The van der Waals surface area contributed by atoms with E-state index in [2.05, 4.69) is 12.4 Å². The summed E-state index contributed by atoms with van der Waals surface area (Å²) < 4.78 is 0. The van der Waals surface area contributed by atoms with Gasteiger partial charge in [0.25, 0.3) is 0 Å². The van der Waals surface area contributed by atoms with Crippen molar-refractivity contribution in [3.63, 3.8) is 0 Å². The van der Waals surface area contributed by atoms with E-state index in [1.165, 1.54) is 38.6 Å². The van der Waals surface area contributed by atoms with E-state index in [1.54, 1.807) is 25.7 Å². The van der Waals surface area contributed by atoms with E-state index >= 15 is 0 Å². The highest BCUT2D eigenvalue weighted by molar-refractivity contribution is 5.04. The van der Waals surface area contributed by atoms with E-state index in [0.717, 1.165) is 17.8 Å². The Morgan fingerprint density at radius 2 is 1.75 bits per heavy atom. The quantitative estimate of drug-likeness (QED) is 0.765. The number of hydrogen-bond acceptors (Lipinski definition) is 1. The van der Waals surface area contributed by atoms with Crippen LogP contribution in [0.4, 0.5) is 0 Å². The summed E-state index contributed by atoms with van der Waals surface area (Å²) in [6.07, 6.45) is 13.8. The molecule has 92 valence electrons. The van der Waals surface area contributed by atoms with Crippen molar-refractivity contribution in [3.05, 3.63) is 0 Å². The second-order valence-electron chi connectivity index (χ2n) is 6.90. The maximum atomic E-state index is 3.48. The van der Waals surface area contributed by atoms with Crippen LogP contribution >= 0.6 is 0 Å². The summed E-state index contributed by atoms with van der Waals surface area (Å²) in [5.74, 6) is 3.34. The van der Waals surface area contributed by atoms with Gasteiger partial charge < -0.3 is 5.32 Å². The molecule has 0 spiro atoms. The lowest BCUT2D eigenvalue weighted by atomic mass is 9.72. The molecule has 16 heavy (non-hydrogen) atoms. The van der Waals surface area contributed by atoms with Crippen LogP contribution < -0.4 is 5.32 Å². The number of hydrogen-bond donors (Lipinski definition) is 1. The molecule has 0 amide bonds. The summed E-state index contributed by atoms with van der Waals surface area (Å²) in [6, 6.07) is 0. The van der Waals surface area contributed by atoms with Crippen molar-refractivity contribution in [1.29, 1.82) is 0 Å². The molecule has 1 nitrogen and oxygen atoms in total. The molecular weight excluding hydrogens is 194 g/mol. The third-order valence-corrected chi connectivity index (χ3v) is 5.46. The van der Waals surface area contributed by atoms with Crippen LogP contribution in [0.2, 0.25) is 0 Å². The Kier molecular flexibility index (Phi) is 2.99. The van der Waals surface area contributed by atoms with Crippen LogP contribution in [-0.2, 0) is 0 Å². The zero-order chi connectivity index (χ0) is 11.0. The van der Waals surface area contributed by atoms with Gasteiger partial charge >= 0.3 is 0 Å². The average molecular weight is 221 g/mol. The van der Waals surface area contributed by atoms with Gasteiger partial charge in [0, 0.05) is 6.54 Å². The monoisotopic (exact) mass is 221 g/mol. The van der Waals surface area contributed by atoms with Gasteiger partial charge in [0.2, 0.25) is 0 Å². The average Bonchev–Trinajstić information content (AvgIpc) is 2.89. The van der Waals surface area contributed by atoms with Crippen molar-refractivity contribution in [1.82, 2.24) is 5.32 Å². The topological polar surface area (TPSA) is 12.0 Å². The lowest BCUT2D eigenvalue weighted by Gasteiger charge is -2.36. The van der Waals surface area contributed by atoms with Crippen LogP contribution in [0.5, 0.6) is 0 Å². The molecule has 3 aliphatic rings. The zero-order valence-corrected chi connectivity index (χ0v) is 10.8. The highest BCUT2D eigenvalue weighted by atomic mass is 14.8. The fourth-order valence-corrected chi connectivity index (χ4v) is 4.77. The smallest absolute Gasteiger partial charge is 0.000511 e. The van der Waals surface area contributed by atoms with Crippen LogP contribution in [0, 0.1) is 23.2 Å². The Hall–Kier alpha value is -0.0400. The Bertz CT molecular complexity index is 232.